The van der Waals surface area contributed by atoms with Gasteiger partial charge in [-0.15, -0.1) is 0 Å². The fourth-order valence-corrected chi connectivity index (χ4v) is 1.36. The molecule has 0 unspecified atom stereocenters. The van der Waals surface area contributed by atoms with Gasteiger partial charge in [0.05, 0.1) is 19.1 Å². The molecule has 0 heterocycles. The summed E-state index contributed by atoms with van der Waals surface area (Å²) in [5.41, 5.74) is 0.736. The molecule has 1 rings (SSSR count). The first kappa shape index (κ1) is 13.5. The van der Waals surface area contributed by atoms with Crippen LogP contribution in [-0.4, -0.2) is 30.4 Å². The summed E-state index contributed by atoms with van der Waals surface area (Å²) in [7, 11) is 0. The Kier molecular flexibility index (Phi) is 5.49. The molecule has 1 N–H and O–H groups in total. The molecule has 0 saturated heterocycles. The lowest BCUT2D eigenvalue weighted by atomic mass is 10.1. The maximum atomic E-state index is 10.6. The zero-order valence-electron chi connectivity index (χ0n) is 10.2. The average molecular weight is 238 g/mol. The molecular formula is C13H18O4. The van der Waals surface area contributed by atoms with E-state index in [4.69, 9.17) is 14.6 Å². The van der Waals surface area contributed by atoms with Crippen molar-refractivity contribution in [2.24, 2.45) is 0 Å². The highest BCUT2D eigenvalue weighted by Gasteiger charge is 2.02. The number of carboxylic acids is 1. The van der Waals surface area contributed by atoms with Gasteiger partial charge in [-0.2, -0.15) is 0 Å². The van der Waals surface area contributed by atoms with E-state index in [1.807, 2.05) is 13.8 Å². The van der Waals surface area contributed by atoms with Crippen LogP contribution in [0.1, 0.15) is 19.4 Å². The molecule has 1 aromatic carbocycles. The zero-order valence-corrected chi connectivity index (χ0v) is 10.2. The Morgan fingerprint density at radius 3 is 2.76 bits per heavy atom. The summed E-state index contributed by atoms with van der Waals surface area (Å²) in [5, 5.41) is 8.67. The Hall–Kier alpha value is -1.55. The second-order valence-corrected chi connectivity index (χ2v) is 3.99. The number of carbonyl (C=O) groups is 1. The summed E-state index contributed by atoms with van der Waals surface area (Å²) in [6.07, 6.45) is 0.205. The highest BCUT2D eigenvalue weighted by atomic mass is 16.5. The SMILES string of the molecule is CC(C)OCCOc1cccc(CC(=O)O)c1. The maximum Gasteiger partial charge on any atom is 0.307 e. The Morgan fingerprint density at radius 2 is 2.12 bits per heavy atom. The molecule has 0 atom stereocenters. The number of benzene rings is 1. The second kappa shape index (κ2) is 6.91. The third-order valence-electron chi connectivity index (χ3n) is 2.06. The van der Waals surface area contributed by atoms with Gasteiger partial charge in [-0.25, -0.2) is 0 Å². The highest BCUT2D eigenvalue weighted by molar-refractivity contribution is 5.70. The van der Waals surface area contributed by atoms with Gasteiger partial charge < -0.3 is 14.6 Å². The van der Waals surface area contributed by atoms with Crippen LogP contribution in [0, 0.1) is 0 Å². The van der Waals surface area contributed by atoms with E-state index in [0.29, 0.717) is 19.0 Å². The molecule has 0 aliphatic carbocycles. The summed E-state index contributed by atoms with van der Waals surface area (Å²) < 4.78 is 10.8. The highest BCUT2D eigenvalue weighted by Crippen LogP contribution is 2.13. The number of aliphatic carboxylic acids is 1. The van der Waals surface area contributed by atoms with E-state index in [1.165, 1.54) is 0 Å². The van der Waals surface area contributed by atoms with E-state index in [9.17, 15) is 4.79 Å². The van der Waals surface area contributed by atoms with E-state index in [-0.39, 0.29) is 12.5 Å². The van der Waals surface area contributed by atoms with Crippen molar-refractivity contribution >= 4 is 5.97 Å². The molecule has 0 bridgehead atoms. The van der Waals surface area contributed by atoms with Crippen molar-refractivity contribution in [1.82, 2.24) is 0 Å². The van der Waals surface area contributed by atoms with Crippen LogP contribution in [0.25, 0.3) is 0 Å². The molecule has 0 saturated carbocycles. The van der Waals surface area contributed by atoms with Crippen molar-refractivity contribution in [2.45, 2.75) is 26.4 Å². The van der Waals surface area contributed by atoms with Crippen LogP contribution in [-0.2, 0) is 16.0 Å². The van der Waals surface area contributed by atoms with Crippen LogP contribution in [0.15, 0.2) is 24.3 Å². The molecule has 17 heavy (non-hydrogen) atoms. The molecular weight excluding hydrogens is 220 g/mol. The Morgan fingerprint density at radius 1 is 1.35 bits per heavy atom. The summed E-state index contributed by atoms with van der Waals surface area (Å²) >= 11 is 0. The number of hydrogen-bond donors (Lipinski definition) is 1. The lowest BCUT2D eigenvalue weighted by molar-refractivity contribution is -0.136. The molecule has 0 spiro atoms. The number of carboxylic acid groups (broad SMARTS) is 1. The minimum Gasteiger partial charge on any atom is -0.491 e. The number of rotatable bonds is 7. The molecule has 4 nitrogen and oxygen atoms in total. The van der Waals surface area contributed by atoms with Gasteiger partial charge in [0.2, 0.25) is 0 Å². The molecule has 0 radical (unpaired) electrons. The predicted molar refractivity (Wildman–Crippen MR) is 64.4 cm³/mol. The van der Waals surface area contributed by atoms with Crippen molar-refractivity contribution in [2.75, 3.05) is 13.2 Å². The number of ether oxygens (including phenoxy) is 2. The lowest BCUT2D eigenvalue weighted by Crippen LogP contribution is -2.11. The molecule has 0 amide bonds. The first-order valence-corrected chi connectivity index (χ1v) is 5.63. The molecule has 0 fully saturated rings. The smallest absolute Gasteiger partial charge is 0.307 e. The van der Waals surface area contributed by atoms with Gasteiger partial charge in [0.15, 0.2) is 0 Å². The topological polar surface area (TPSA) is 55.8 Å². The minimum atomic E-state index is -0.842. The first-order valence-electron chi connectivity index (χ1n) is 5.63. The van der Waals surface area contributed by atoms with Crippen molar-refractivity contribution in [3.63, 3.8) is 0 Å². The third-order valence-corrected chi connectivity index (χ3v) is 2.06. The first-order chi connectivity index (χ1) is 8.08. The fraction of sp³-hybridized carbons (Fsp3) is 0.462. The summed E-state index contributed by atoms with van der Waals surface area (Å²) in [6.45, 7) is 4.93. The molecule has 94 valence electrons. The monoisotopic (exact) mass is 238 g/mol. The molecule has 4 heteroatoms. The average Bonchev–Trinajstić information content (AvgIpc) is 2.24. The lowest BCUT2D eigenvalue weighted by Gasteiger charge is -2.09. The summed E-state index contributed by atoms with van der Waals surface area (Å²) in [4.78, 5) is 10.6. The third kappa shape index (κ3) is 5.92. The number of hydrogen-bond acceptors (Lipinski definition) is 3. The molecule has 0 aromatic heterocycles. The molecule has 0 aliphatic rings. The van der Waals surface area contributed by atoms with Gasteiger partial charge in [0.1, 0.15) is 12.4 Å². The normalized spacial score (nSPS) is 10.5. The van der Waals surface area contributed by atoms with Crippen molar-refractivity contribution < 1.29 is 19.4 Å². The standard InChI is InChI=1S/C13H18O4/c1-10(2)16-6-7-17-12-5-3-4-11(8-12)9-13(14)15/h3-5,8,10H,6-7,9H2,1-2H3,(H,14,15). The Bertz CT molecular complexity index is 360. The van der Waals surface area contributed by atoms with Gasteiger partial charge >= 0.3 is 5.97 Å². The van der Waals surface area contributed by atoms with E-state index < -0.39 is 5.97 Å². The second-order valence-electron chi connectivity index (χ2n) is 3.99. The van der Waals surface area contributed by atoms with Crippen LogP contribution in [0.3, 0.4) is 0 Å². The van der Waals surface area contributed by atoms with E-state index in [0.717, 1.165) is 5.56 Å². The van der Waals surface area contributed by atoms with Crippen LogP contribution < -0.4 is 4.74 Å². The largest absolute Gasteiger partial charge is 0.491 e. The zero-order chi connectivity index (χ0) is 12.7. The van der Waals surface area contributed by atoms with Crippen LogP contribution >= 0.6 is 0 Å². The van der Waals surface area contributed by atoms with Crippen molar-refractivity contribution in [3.8, 4) is 5.75 Å². The van der Waals surface area contributed by atoms with E-state index >= 15 is 0 Å². The van der Waals surface area contributed by atoms with Crippen molar-refractivity contribution in [3.05, 3.63) is 29.8 Å². The van der Waals surface area contributed by atoms with Gasteiger partial charge in [0, 0.05) is 0 Å². The van der Waals surface area contributed by atoms with E-state index in [1.54, 1.807) is 24.3 Å². The van der Waals surface area contributed by atoms with Gasteiger partial charge in [-0.1, -0.05) is 12.1 Å². The van der Waals surface area contributed by atoms with Crippen molar-refractivity contribution in [1.29, 1.82) is 0 Å². The van der Waals surface area contributed by atoms with Gasteiger partial charge in [-0.05, 0) is 31.5 Å². The van der Waals surface area contributed by atoms with Gasteiger partial charge in [0.25, 0.3) is 0 Å². The molecule has 1 aromatic rings. The maximum absolute atomic E-state index is 10.6. The summed E-state index contributed by atoms with van der Waals surface area (Å²) in [6, 6.07) is 7.10. The van der Waals surface area contributed by atoms with Crippen LogP contribution in [0.5, 0.6) is 5.75 Å². The minimum absolute atomic E-state index is 0.0136. The van der Waals surface area contributed by atoms with Crippen LogP contribution in [0.2, 0.25) is 0 Å². The van der Waals surface area contributed by atoms with Gasteiger partial charge in [-0.3, -0.25) is 4.79 Å². The Balaban J connectivity index is 2.40. The molecule has 0 aliphatic heterocycles. The predicted octanol–water partition coefficient (Wildman–Crippen LogP) is 2.12. The van der Waals surface area contributed by atoms with Crippen LogP contribution in [0.4, 0.5) is 0 Å². The fourth-order valence-electron chi connectivity index (χ4n) is 1.36. The van der Waals surface area contributed by atoms with E-state index in [2.05, 4.69) is 0 Å². The quantitative estimate of drug-likeness (QED) is 0.739. The Labute approximate surface area is 101 Å². The summed E-state index contributed by atoms with van der Waals surface area (Å²) in [5.74, 6) is -0.165.